The largest absolute Gasteiger partial charge is 0.398 e. The van der Waals surface area contributed by atoms with Crippen LogP contribution in [-0.4, -0.2) is 8.42 Å². The summed E-state index contributed by atoms with van der Waals surface area (Å²) >= 11 is 6.52. The van der Waals surface area contributed by atoms with Crippen LogP contribution in [0.25, 0.3) is 0 Å². The number of halogens is 2. The summed E-state index contributed by atoms with van der Waals surface area (Å²) in [7, 11) is -3.69. The smallest absolute Gasteiger partial charge is 0.263 e. The van der Waals surface area contributed by atoms with Crippen molar-refractivity contribution < 1.29 is 8.42 Å². The van der Waals surface area contributed by atoms with Gasteiger partial charge < -0.3 is 5.73 Å². The van der Waals surface area contributed by atoms with Crippen molar-refractivity contribution in [2.75, 3.05) is 10.5 Å². The van der Waals surface area contributed by atoms with Crippen LogP contribution in [0.1, 0.15) is 5.56 Å². The summed E-state index contributed by atoms with van der Waals surface area (Å²) in [5.41, 5.74) is 7.49. The molecule has 0 atom stereocenters. The molecular formula is C13H12Br2N2O2S. The average Bonchev–Trinajstić information content (AvgIpc) is 2.37. The first-order valence-electron chi connectivity index (χ1n) is 5.64. The molecule has 0 unspecified atom stereocenters. The number of anilines is 2. The lowest BCUT2D eigenvalue weighted by Gasteiger charge is -2.13. The van der Waals surface area contributed by atoms with Crippen LogP contribution in [0.5, 0.6) is 0 Å². The minimum Gasteiger partial charge on any atom is -0.398 e. The fourth-order valence-electron chi connectivity index (χ4n) is 1.65. The van der Waals surface area contributed by atoms with E-state index >= 15 is 0 Å². The van der Waals surface area contributed by atoms with Crippen LogP contribution in [0.4, 0.5) is 11.4 Å². The zero-order valence-electron chi connectivity index (χ0n) is 10.5. The van der Waals surface area contributed by atoms with Gasteiger partial charge in [-0.25, -0.2) is 8.42 Å². The molecule has 2 aromatic carbocycles. The van der Waals surface area contributed by atoms with Crippen LogP contribution >= 0.6 is 31.9 Å². The molecule has 3 N–H and O–H groups in total. The van der Waals surface area contributed by atoms with Gasteiger partial charge in [0, 0.05) is 14.6 Å². The Morgan fingerprint density at radius 1 is 1.15 bits per heavy atom. The molecule has 2 rings (SSSR count). The molecule has 0 saturated carbocycles. The first kappa shape index (κ1) is 15.3. The van der Waals surface area contributed by atoms with Gasteiger partial charge in [-0.3, -0.25) is 4.72 Å². The summed E-state index contributed by atoms with van der Waals surface area (Å²) in [6.45, 7) is 1.77. The zero-order valence-corrected chi connectivity index (χ0v) is 14.5. The molecule has 20 heavy (non-hydrogen) atoms. The van der Waals surface area contributed by atoms with E-state index in [1.165, 1.54) is 6.07 Å². The van der Waals surface area contributed by atoms with Gasteiger partial charge in [0.25, 0.3) is 10.0 Å². The zero-order chi connectivity index (χ0) is 14.9. The quantitative estimate of drug-likeness (QED) is 0.741. The fraction of sp³-hybridized carbons (Fsp3) is 0.0769. The highest BCUT2D eigenvalue weighted by Gasteiger charge is 2.19. The lowest BCUT2D eigenvalue weighted by atomic mass is 10.2. The molecule has 0 radical (unpaired) electrons. The highest BCUT2D eigenvalue weighted by Crippen LogP contribution is 2.29. The molecule has 0 aliphatic heterocycles. The number of hydrogen-bond donors (Lipinski definition) is 2. The number of hydrogen-bond acceptors (Lipinski definition) is 3. The van der Waals surface area contributed by atoms with Crippen LogP contribution < -0.4 is 10.5 Å². The van der Waals surface area contributed by atoms with E-state index in [0.717, 1.165) is 0 Å². The predicted molar refractivity (Wildman–Crippen MR) is 88.2 cm³/mol. The van der Waals surface area contributed by atoms with Crippen LogP contribution in [0.2, 0.25) is 0 Å². The predicted octanol–water partition coefficient (Wildman–Crippen LogP) is 3.90. The molecule has 0 fully saturated rings. The second-order valence-electron chi connectivity index (χ2n) is 4.20. The molecular weight excluding hydrogens is 408 g/mol. The maximum absolute atomic E-state index is 12.4. The summed E-state index contributed by atoms with van der Waals surface area (Å²) in [5.74, 6) is 0. The molecule has 7 heteroatoms. The highest BCUT2D eigenvalue weighted by molar-refractivity contribution is 9.11. The van der Waals surface area contributed by atoms with Crippen molar-refractivity contribution in [3.8, 4) is 0 Å². The molecule has 106 valence electrons. The lowest BCUT2D eigenvalue weighted by Crippen LogP contribution is -2.14. The van der Waals surface area contributed by atoms with E-state index in [1.54, 1.807) is 37.3 Å². The minimum atomic E-state index is -3.69. The van der Waals surface area contributed by atoms with Gasteiger partial charge in [0.2, 0.25) is 0 Å². The van der Waals surface area contributed by atoms with Crippen molar-refractivity contribution in [3.05, 3.63) is 50.9 Å². The third-order valence-electron chi connectivity index (χ3n) is 2.80. The van der Waals surface area contributed by atoms with Crippen molar-refractivity contribution in [2.24, 2.45) is 0 Å². The van der Waals surface area contributed by atoms with Crippen LogP contribution in [0.3, 0.4) is 0 Å². The van der Waals surface area contributed by atoms with E-state index in [0.29, 0.717) is 25.9 Å². The van der Waals surface area contributed by atoms with Crippen LogP contribution in [-0.2, 0) is 10.0 Å². The van der Waals surface area contributed by atoms with E-state index < -0.39 is 10.0 Å². The van der Waals surface area contributed by atoms with Gasteiger partial charge in [-0.05, 0) is 58.7 Å². The van der Waals surface area contributed by atoms with E-state index in [4.69, 9.17) is 5.73 Å². The molecule has 0 amide bonds. The normalized spacial score (nSPS) is 11.3. The molecule has 0 spiro atoms. The molecule has 0 heterocycles. The molecule has 0 bridgehead atoms. The number of sulfonamides is 1. The summed E-state index contributed by atoms with van der Waals surface area (Å²) in [4.78, 5) is 0.161. The number of nitrogens with one attached hydrogen (secondary N) is 1. The number of nitrogens with two attached hydrogens (primary N) is 1. The van der Waals surface area contributed by atoms with E-state index in [9.17, 15) is 8.42 Å². The van der Waals surface area contributed by atoms with Crippen LogP contribution in [0, 0.1) is 6.92 Å². The monoisotopic (exact) mass is 418 g/mol. The molecule has 0 saturated heterocycles. The summed E-state index contributed by atoms with van der Waals surface area (Å²) in [6.07, 6.45) is 0. The maximum atomic E-state index is 12.4. The Hall–Kier alpha value is -1.05. The SMILES string of the molecule is Cc1c(N)cccc1NS(=O)(=O)c1cc(Br)ccc1Br. The van der Waals surface area contributed by atoms with E-state index in [-0.39, 0.29) is 4.90 Å². The Balaban J connectivity index is 2.46. The van der Waals surface area contributed by atoms with Crippen molar-refractivity contribution >= 4 is 53.3 Å². The van der Waals surface area contributed by atoms with Crippen LogP contribution in [0.15, 0.2) is 50.2 Å². The maximum Gasteiger partial charge on any atom is 0.263 e. The minimum absolute atomic E-state index is 0.161. The molecule has 2 aromatic rings. The van der Waals surface area contributed by atoms with Crippen molar-refractivity contribution in [3.63, 3.8) is 0 Å². The van der Waals surface area contributed by atoms with Gasteiger partial charge >= 0.3 is 0 Å². The van der Waals surface area contributed by atoms with E-state index in [1.807, 2.05) is 0 Å². The first-order valence-corrected chi connectivity index (χ1v) is 8.71. The second kappa shape index (κ2) is 5.75. The number of rotatable bonds is 3. The Bertz CT molecular complexity index is 761. The third-order valence-corrected chi connectivity index (χ3v) is 5.66. The molecule has 0 aromatic heterocycles. The number of nitrogen functional groups attached to an aromatic ring is 1. The average molecular weight is 420 g/mol. The Kier molecular flexibility index (Phi) is 4.41. The Labute approximate surface area is 134 Å². The Morgan fingerprint density at radius 3 is 2.55 bits per heavy atom. The molecule has 0 aliphatic carbocycles. The summed E-state index contributed by atoms with van der Waals surface area (Å²) in [5, 5.41) is 0. The second-order valence-corrected chi connectivity index (χ2v) is 7.62. The van der Waals surface area contributed by atoms with Gasteiger partial charge in [0.15, 0.2) is 0 Å². The highest BCUT2D eigenvalue weighted by atomic mass is 79.9. The van der Waals surface area contributed by atoms with E-state index in [2.05, 4.69) is 36.6 Å². The van der Waals surface area contributed by atoms with Crippen molar-refractivity contribution in [2.45, 2.75) is 11.8 Å². The topological polar surface area (TPSA) is 72.2 Å². The van der Waals surface area contributed by atoms with Crippen molar-refractivity contribution in [1.82, 2.24) is 0 Å². The van der Waals surface area contributed by atoms with Gasteiger partial charge in [-0.15, -0.1) is 0 Å². The third kappa shape index (κ3) is 3.16. The number of benzene rings is 2. The molecule has 4 nitrogen and oxygen atoms in total. The summed E-state index contributed by atoms with van der Waals surface area (Å²) < 4.78 is 28.6. The first-order chi connectivity index (χ1) is 9.31. The molecule has 0 aliphatic rings. The van der Waals surface area contributed by atoms with Gasteiger partial charge in [-0.2, -0.15) is 0 Å². The van der Waals surface area contributed by atoms with Crippen molar-refractivity contribution in [1.29, 1.82) is 0 Å². The van der Waals surface area contributed by atoms with Gasteiger partial charge in [0.1, 0.15) is 4.90 Å². The van der Waals surface area contributed by atoms with Gasteiger partial charge in [0.05, 0.1) is 5.69 Å². The fourth-order valence-corrected chi connectivity index (χ4v) is 4.27. The lowest BCUT2D eigenvalue weighted by molar-refractivity contribution is 0.600. The van der Waals surface area contributed by atoms with Gasteiger partial charge in [-0.1, -0.05) is 22.0 Å². The summed E-state index contributed by atoms with van der Waals surface area (Å²) in [6, 6.07) is 10.1. The standard InChI is InChI=1S/C13H12Br2N2O2S/c1-8-11(16)3-2-4-12(8)17-20(18,19)13-7-9(14)5-6-10(13)15/h2-7,17H,16H2,1H3. The Morgan fingerprint density at radius 2 is 1.85 bits per heavy atom.